The first-order chi connectivity index (χ1) is 14.1. The third-order valence-electron chi connectivity index (χ3n) is 6.28. The summed E-state index contributed by atoms with van der Waals surface area (Å²) in [4.78, 5) is 15.8. The van der Waals surface area contributed by atoms with Gasteiger partial charge in [-0.2, -0.15) is 0 Å². The fraction of sp³-hybridized carbons (Fsp3) is 0.348. The maximum absolute atomic E-state index is 6.07. The quantitative estimate of drug-likeness (QED) is 0.676. The van der Waals surface area contributed by atoms with Gasteiger partial charge in [-0.15, -0.1) is 0 Å². The molecule has 3 heterocycles. The standard InChI is InChI=1S/C23H24ClN5/c1-14-19-8-9-29(23(19)27-13-26-14)18-7-5-15(10-18)2-3-16-4-6-17-12-20(24)22(25)28-21(17)11-16/h2-4,6,11-13,15,18H,5,7-10H2,1H3,(H2,25,28)/b3-2+. The van der Waals surface area contributed by atoms with Gasteiger partial charge in [-0.3, -0.25) is 0 Å². The van der Waals surface area contributed by atoms with E-state index in [1.54, 1.807) is 6.33 Å². The van der Waals surface area contributed by atoms with Crippen molar-refractivity contribution in [1.29, 1.82) is 0 Å². The third-order valence-corrected chi connectivity index (χ3v) is 6.58. The zero-order chi connectivity index (χ0) is 20.0. The Morgan fingerprint density at radius 2 is 2.10 bits per heavy atom. The molecule has 1 fully saturated rings. The SMILES string of the molecule is Cc1ncnc2c1CCN2C1CCC(/C=C/c2ccc3cc(Cl)c(N)nc3c2)C1. The van der Waals surface area contributed by atoms with Crippen molar-refractivity contribution in [2.45, 2.75) is 38.6 Å². The number of aryl methyl sites for hydroxylation is 1. The molecule has 0 amide bonds. The molecule has 0 spiro atoms. The van der Waals surface area contributed by atoms with E-state index in [1.807, 2.05) is 12.1 Å². The summed E-state index contributed by atoms with van der Waals surface area (Å²) >= 11 is 6.07. The molecular formula is C23H24ClN5. The van der Waals surface area contributed by atoms with Crippen LogP contribution in [0.15, 0.2) is 36.7 Å². The smallest absolute Gasteiger partial charge is 0.142 e. The van der Waals surface area contributed by atoms with E-state index in [9.17, 15) is 0 Å². The second-order valence-electron chi connectivity index (χ2n) is 8.10. The lowest BCUT2D eigenvalue weighted by molar-refractivity contribution is 0.599. The number of halogens is 1. The Bertz CT molecular complexity index is 1110. The van der Waals surface area contributed by atoms with Gasteiger partial charge in [0, 0.05) is 29.2 Å². The van der Waals surface area contributed by atoms with E-state index in [0.717, 1.165) is 40.9 Å². The van der Waals surface area contributed by atoms with Crippen molar-refractivity contribution >= 4 is 40.2 Å². The average molecular weight is 406 g/mol. The van der Waals surface area contributed by atoms with Crippen molar-refractivity contribution in [3.05, 3.63) is 58.5 Å². The number of nitrogens with zero attached hydrogens (tertiary/aromatic N) is 4. The minimum absolute atomic E-state index is 0.379. The highest BCUT2D eigenvalue weighted by Gasteiger charge is 2.33. The Balaban J connectivity index is 1.29. The summed E-state index contributed by atoms with van der Waals surface area (Å²) in [6.07, 6.45) is 10.9. The van der Waals surface area contributed by atoms with Crippen LogP contribution in [0.5, 0.6) is 0 Å². The fourth-order valence-corrected chi connectivity index (χ4v) is 4.86. The molecule has 0 saturated heterocycles. The van der Waals surface area contributed by atoms with Gasteiger partial charge < -0.3 is 10.6 Å². The molecule has 148 valence electrons. The van der Waals surface area contributed by atoms with E-state index in [4.69, 9.17) is 17.3 Å². The number of benzene rings is 1. The molecule has 1 saturated carbocycles. The molecule has 1 aliphatic heterocycles. The maximum atomic E-state index is 6.07. The van der Waals surface area contributed by atoms with E-state index in [-0.39, 0.29) is 0 Å². The number of aromatic nitrogens is 3. The first-order valence-corrected chi connectivity index (χ1v) is 10.6. The number of hydrogen-bond acceptors (Lipinski definition) is 5. The number of nitrogens with two attached hydrogens (primary N) is 1. The van der Waals surface area contributed by atoms with E-state index in [0.29, 0.717) is 22.8 Å². The average Bonchev–Trinajstić information content (AvgIpc) is 3.35. The Kier molecular flexibility index (Phi) is 4.63. The lowest BCUT2D eigenvalue weighted by Crippen LogP contribution is -2.32. The van der Waals surface area contributed by atoms with Gasteiger partial charge in [-0.25, -0.2) is 15.0 Å². The monoisotopic (exact) mass is 405 g/mol. The Hall–Kier alpha value is -2.66. The van der Waals surface area contributed by atoms with Crippen LogP contribution in [-0.4, -0.2) is 27.5 Å². The predicted molar refractivity (Wildman–Crippen MR) is 119 cm³/mol. The van der Waals surface area contributed by atoms with Gasteiger partial charge in [0.15, 0.2) is 0 Å². The number of nitrogen functional groups attached to an aromatic ring is 1. The molecule has 0 radical (unpaired) electrons. The van der Waals surface area contributed by atoms with Crippen molar-refractivity contribution in [3.8, 4) is 0 Å². The second kappa shape index (κ2) is 7.30. The topological polar surface area (TPSA) is 67.9 Å². The minimum Gasteiger partial charge on any atom is -0.382 e. The van der Waals surface area contributed by atoms with Crippen LogP contribution in [-0.2, 0) is 6.42 Å². The van der Waals surface area contributed by atoms with Crippen LogP contribution in [0.25, 0.3) is 17.0 Å². The van der Waals surface area contributed by atoms with Crippen LogP contribution in [0.1, 0.15) is 36.1 Å². The van der Waals surface area contributed by atoms with Gasteiger partial charge in [-0.1, -0.05) is 35.9 Å². The first-order valence-electron chi connectivity index (χ1n) is 10.2. The molecule has 6 heteroatoms. The van der Waals surface area contributed by atoms with Crippen LogP contribution < -0.4 is 10.6 Å². The van der Waals surface area contributed by atoms with E-state index >= 15 is 0 Å². The lowest BCUT2D eigenvalue weighted by Gasteiger charge is -2.25. The molecule has 2 N–H and O–H groups in total. The van der Waals surface area contributed by atoms with Gasteiger partial charge in [0.2, 0.25) is 0 Å². The van der Waals surface area contributed by atoms with Crippen LogP contribution in [0, 0.1) is 12.8 Å². The highest BCUT2D eigenvalue weighted by molar-refractivity contribution is 6.33. The zero-order valence-electron chi connectivity index (χ0n) is 16.5. The molecule has 29 heavy (non-hydrogen) atoms. The highest BCUT2D eigenvalue weighted by atomic mass is 35.5. The number of hydrogen-bond donors (Lipinski definition) is 1. The molecule has 1 aromatic carbocycles. The summed E-state index contributed by atoms with van der Waals surface area (Å²) in [6.45, 7) is 3.15. The summed E-state index contributed by atoms with van der Waals surface area (Å²) in [5.41, 5.74) is 10.3. The largest absolute Gasteiger partial charge is 0.382 e. The van der Waals surface area contributed by atoms with Crippen molar-refractivity contribution in [3.63, 3.8) is 0 Å². The van der Waals surface area contributed by atoms with Crippen molar-refractivity contribution in [1.82, 2.24) is 15.0 Å². The molecule has 1 aliphatic carbocycles. The molecule has 5 nitrogen and oxygen atoms in total. The Morgan fingerprint density at radius 3 is 3.00 bits per heavy atom. The second-order valence-corrected chi connectivity index (χ2v) is 8.51. The summed E-state index contributed by atoms with van der Waals surface area (Å²) in [5.74, 6) is 2.12. The highest BCUT2D eigenvalue weighted by Crippen LogP contribution is 2.37. The molecule has 2 aliphatic rings. The van der Waals surface area contributed by atoms with Gasteiger partial charge in [-0.05, 0) is 56.2 Å². The molecule has 2 aromatic heterocycles. The van der Waals surface area contributed by atoms with E-state index in [2.05, 4.69) is 51.1 Å². The Labute approximate surface area is 175 Å². The van der Waals surface area contributed by atoms with E-state index in [1.165, 1.54) is 24.8 Å². The van der Waals surface area contributed by atoms with Crippen molar-refractivity contribution in [2.24, 2.45) is 5.92 Å². The van der Waals surface area contributed by atoms with Gasteiger partial charge in [0.25, 0.3) is 0 Å². The summed E-state index contributed by atoms with van der Waals surface area (Å²) in [5, 5.41) is 1.51. The molecule has 5 rings (SSSR count). The normalized spacial score (nSPS) is 21.4. The number of anilines is 2. The number of rotatable bonds is 3. The van der Waals surface area contributed by atoms with Crippen LogP contribution >= 0.6 is 11.6 Å². The number of allylic oxidation sites excluding steroid dienone is 1. The molecule has 2 unspecified atom stereocenters. The van der Waals surface area contributed by atoms with Gasteiger partial charge in [0.1, 0.15) is 18.0 Å². The van der Waals surface area contributed by atoms with E-state index < -0.39 is 0 Å². The summed E-state index contributed by atoms with van der Waals surface area (Å²) < 4.78 is 0. The number of fused-ring (bicyclic) bond motifs is 2. The maximum Gasteiger partial charge on any atom is 0.142 e. The fourth-order valence-electron chi connectivity index (χ4n) is 4.70. The molecule has 0 bridgehead atoms. The Morgan fingerprint density at radius 1 is 1.21 bits per heavy atom. The summed E-state index contributed by atoms with van der Waals surface area (Å²) in [7, 11) is 0. The van der Waals surface area contributed by atoms with Crippen molar-refractivity contribution < 1.29 is 0 Å². The summed E-state index contributed by atoms with van der Waals surface area (Å²) in [6, 6.07) is 8.67. The predicted octanol–water partition coefficient (Wildman–Crippen LogP) is 4.81. The lowest BCUT2D eigenvalue weighted by atomic mass is 10.0. The minimum atomic E-state index is 0.379. The molecule has 2 atom stereocenters. The van der Waals surface area contributed by atoms with Gasteiger partial charge in [0.05, 0.1) is 10.5 Å². The number of pyridine rings is 1. The third kappa shape index (κ3) is 3.44. The van der Waals surface area contributed by atoms with Gasteiger partial charge >= 0.3 is 0 Å². The van der Waals surface area contributed by atoms with Crippen LogP contribution in [0.2, 0.25) is 5.02 Å². The van der Waals surface area contributed by atoms with Crippen LogP contribution in [0.3, 0.4) is 0 Å². The molecular weight excluding hydrogens is 382 g/mol. The molecule has 3 aromatic rings. The zero-order valence-corrected chi connectivity index (χ0v) is 17.2. The first kappa shape index (κ1) is 18.4. The van der Waals surface area contributed by atoms with Crippen molar-refractivity contribution in [2.75, 3.05) is 17.2 Å². The van der Waals surface area contributed by atoms with Crippen LogP contribution in [0.4, 0.5) is 11.6 Å².